The molecule has 2 fully saturated rings. The maximum absolute atomic E-state index is 13.0. The predicted molar refractivity (Wildman–Crippen MR) is 123 cm³/mol. The van der Waals surface area contributed by atoms with Gasteiger partial charge in [-0.15, -0.1) is 0 Å². The molecule has 8 heteroatoms. The molecule has 8 nitrogen and oxygen atoms in total. The highest BCUT2D eigenvalue weighted by molar-refractivity contribution is 6.00. The molecule has 4 rings (SSSR count). The molecule has 2 aliphatic heterocycles. The second-order valence-corrected chi connectivity index (χ2v) is 8.40. The van der Waals surface area contributed by atoms with Crippen LogP contribution in [0.3, 0.4) is 0 Å². The lowest BCUT2D eigenvalue weighted by Crippen LogP contribution is -2.44. The Labute approximate surface area is 192 Å². The summed E-state index contributed by atoms with van der Waals surface area (Å²) in [5, 5.41) is 2.88. The van der Waals surface area contributed by atoms with Gasteiger partial charge in [0.1, 0.15) is 0 Å². The second kappa shape index (κ2) is 9.85. The molecule has 0 spiro atoms. The van der Waals surface area contributed by atoms with Crippen molar-refractivity contribution in [1.29, 1.82) is 0 Å². The number of piperidine rings is 1. The van der Waals surface area contributed by atoms with Crippen molar-refractivity contribution in [2.45, 2.75) is 19.3 Å². The zero-order valence-corrected chi connectivity index (χ0v) is 18.5. The number of ether oxygens (including phenoxy) is 1. The molecular weight excluding hydrogens is 422 g/mol. The maximum Gasteiger partial charge on any atom is 0.337 e. The van der Waals surface area contributed by atoms with Gasteiger partial charge in [-0.1, -0.05) is 18.2 Å². The summed E-state index contributed by atoms with van der Waals surface area (Å²) < 4.78 is 4.67. The Balaban J connectivity index is 1.28. The molecule has 3 amide bonds. The fraction of sp³-hybridized carbons (Fsp3) is 0.360. The Kier molecular flexibility index (Phi) is 6.72. The quantitative estimate of drug-likeness (QED) is 0.708. The van der Waals surface area contributed by atoms with Crippen molar-refractivity contribution in [1.82, 2.24) is 4.90 Å². The number of rotatable bonds is 5. The SMILES string of the molecule is COC(=O)c1ccc(NC(=O)C2CCN(C(=O)C3CC(=O)N(c4ccccc4)C3)CC2)cc1. The van der Waals surface area contributed by atoms with E-state index in [1.807, 2.05) is 30.3 Å². The topological polar surface area (TPSA) is 96.0 Å². The van der Waals surface area contributed by atoms with E-state index in [1.165, 1.54) is 7.11 Å². The standard InChI is InChI=1S/C25H27N3O5/c1-33-25(32)18-7-9-20(10-8-18)26-23(30)17-11-13-27(14-12-17)24(31)19-15-22(29)28(16-19)21-5-3-2-4-6-21/h2-10,17,19H,11-16H2,1H3,(H,26,30). The van der Waals surface area contributed by atoms with Gasteiger partial charge in [-0.3, -0.25) is 14.4 Å². The molecule has 1 unspecified atom stereocenters. The molecule has 172 valence electrons. The van der Waals surface area contributed by atoms with E-state index >= 15 is 0 Å². The van der Waals surface area contributed by atoms with Crippen LogP contribution in [0.1, 0.15) is 29.6 Å². The molecule has 1 atom stereocenters. The third-order valence-corrected chi connectivity index (χ3v) is 6.29. The summed E-state index contributed by atoms with van der Waals surface area (Å²) in [5.74, 6) is -1.12. The number of carbonyl (C=O) groups excluding carboxylic acids is 4. The normalized spacial score (nSPS) is 18.8. The molecule has 0 saturated carbocycles. The van der Waals surface area contributed by atoms with Crippen LogP contribution in [-0.4, -0.2) is 55.3 Å². The number of hydrogen-bond acceptors (Lipinski definition) is 5. The number of amides is 3. The van der Waals surface area contributed by atoms with Crippen LogP contribution in [0.2, 0.25) is 0 Å². The number of benzene rings is 2. The molecule has 0 bridgehead atoms. The Bertz CT molecular complexity index is 1030. The summed E-state index contributed by atoms with van der Waals surface area (Å²) in [6, 6.07) is 15.9. The van der Waals surface area contributed by atoms with Crippen LogP contribution >= 0.6 is 0 Å². The van der Waals surface area contributed by atoms with Gasteiger partial charge in [0.05, 0.1) is 18.6 Å². The average Bonchev–Trinajstić information content (AvgIpc) is 3.25. The summed E-state index contributed by atoms with van der Waals surface area (Å²) in [4.78, 5) is 53.1. The first-order valence-electron chi connectivity index (χ1n) is 11.1. The molecule has 2 heterocycles. The highest BCUT2D eigenvalue weighted by Crippen LogP contribution is 2.28. The summed E-state index contributed by atoms with van der Waals surface area (Å²) >= 11 is 0. The number of esters is 1. The molecule has 2 aliphatic rings. The van der Waals surface area contributed by atoms with Crippen LogP contribution < -0.4 is 10.2 Å². The molecular formula is C25H27N3O5. The van der Waals surface area contributed by atoms with Gasteiger partial charge < -0.3 is 19.9 Å². The van der Waals surface area contributed by atoms with Crippen molar-refractivity contribution in [2.75, 3.05) is 37.0 Å². The van der Waals surface area contributed by atoms with Gasteiger partial charge in [0.25, 0.3) is 0 Å². The smallest absolute Gasteiger partial charge is 0.337 e. The van der Waals surface area contributed by atoms with E-state index in [2.05, 4.69) is 10.1 Å². The van der Waals surface area contributed by atoms with Gasteiger partial charge in [0.2, 0.25) is 17.7 Å². The lowest BCUT2D eigenvalue weighted by atomic mass is 9.94. The van der Waals surface area contributed by atoms with Gasteiger partial charge in [-0.25, -0.2) is 4.79 Å². The number of nitrogens with zero attached hydrogens (tertiary/aromatic N) is 2. The largest absolute Gasteiger partial charge is 0.465 e. The van der Waals surface area contributed by atoms with Gasteiger partial charge in [-0.2, -0.15) is 0 Å². The van der Waals surface area contributed by atoms with Crippen molar-refractivity contribution in [3.8, 4) is 0 Å². The predicted octanol–water partition coefficient (Wildman–Crippen LogP) is 2.70. The van der Waals surface area contributed by atoms with E-state index in [-0.39, 0.29) is 36.0 Å². The number of likely N-dealkylation sites (tertiary alicyclic amines) is 1. The summed E-state index contributed by atoms with van der Waals surface area (Å²) in [5.41, 5.74) is 1.84. The highest BCUT2D eigenvalue weighted by atomic mass is 16.5. The molecule has 0 aliphatic carbocycles. The second-order valence-electron chi connectivity index (χ2n) is 8.40. The van der Waals surface area contributed by atoms with E-state index in [1.54, 1.807) is 34.1 Å². The van der Waals surface area contributed by atoms with Crippen molar-refractivity contribution in [3.05, 3.63) is 60.2 Å². The highest BCUT2D eigenvalue weighted by Gasteiger charge is 2.38. The summed E-state index contributed by atoms with van der Waals surface area (Å²) in [6.07, 6.45) is 1.36. The van der Waals surface area contributed by atoms with Gasteiger partial charge in [0, 0.05) is 43.3 Å². The van der Waals surface area contributed by atoms with Crippen LogP contribution in [0.4, 0.5) is 11.4 Å². The number of hydrogen-bond donors (Lipinski definition) is 1. The minimum atomic E-state index is -0.430. The first kappa shape index (κ1) is 22.5. The van der Waals surface area contributed by atoms with E-state index in [0.29, 0.717) is 43.7 Å². The molecule has 2 aromatic carbocycles. The first-order chi connectivity index (χ1) is 16.0. The van der Waals surface area contributed by atoms with Crippen molar-refractivity contribution in [3.63, 3.8) is 0 Å². The van der Waals surface area contributed by atoms with Crippen molar-refractivity contribution in [2.24, 2.45) is 11.8 Å². The van der Waals surface area contributed by atoms with E-state index < -0.39 is 5.97 Å². The lowest BCUT2D eigenvalue weighted by molar-refractivity contribution is -0.138. The lowest BCUT2D eigenvalue weighted by Gasteiger charge is -2.33. The number of para-hydroxylation sites is 1. The van der Waals surface area contributed by atoms with E-state index in [0.717, 1.165) is 5.69 Å². The fourth-order valence-corrected chi connectivity index (χ4v) is 4.40. The molecule has 2 aromatic rings. The zero-order chi connectivity index (χ0) is 23.4. The number of anilines is 2. The molecule has 0 aromatic heterocycles. The average molecular weight is 450 g/mol. The summed E-state index contributed by atoms with van der Waals surface area (Å²) in [6.45, 7) is 1.38. The monoisotopic (exact) mass is 449 g/mol. The fourth-order valence-electron chi connectivity index (χ4n) is 4.40. The van der Waals surface area contributed by atoms with Crippen LogP contribution in [-0.2, 0) is 19.1 Å². The third-order valence-electron chi connectivity index (χ3n) is 6.29. The molecule has 2 saturated heterocycles. The summed E-state index contributed by atoms with van der Waals surface area (Å²) in [7, 11) is 1.32. The Morgan fingerprint density at radius 1 is 0.939 bits per heavy atom. The van der Waals surface area contributed by atoms with Crippen molar-refractivity contribution >= 4 is 35.1 Å². The van der Waals surface area contributed by atoms with E-state index in [4.69, 9.17) is 0 Å². The van der Waals surface area contributed by atoms with Crippen LogP contribution in [0.5, 0.6) is 0 Å². The van der Waals surface area contributed by atoms with Gasteiger partial charge in [0.15, 0.2) is 0 Å². The van der Waals surface area contributed by atoms with Crippen molar-refractivity contribution < 1.29 is 23.9 Å². The van der Waals surface area contributed by atoms with Gasteiger partial charge in [-0.05, 0) is 49.2 Å². The Hall–Kier alpha value is -3.68. The number of nitrogens with one attached hydrogen (secondary N) is 1. The minimum absolute atomic E-state index is 0.0148. The van der Waals surface area contributed by atoms with Crippen LogP contribution in [0.25, 0.3) is 0 Å². The maximum atomic E-state index is 13.0. The zero-order valence-electron chi connectivity index (χ0n) is 18.5. The van der Waals surface area contributed by atoms with Crippen LogP contribution in [0, 0.1) is 11.8 Å². The Morgan fingerprint density at radius 2 is 1.61 bits per heavy atom. The molecule has 1 N–H and O–H groups in total. The first-order valence-corrected chi connectivity index (χ1v) is 11.1. The molecule has 33 heavy (non-hydrogen) atoms. The Morgan fingerprint density at radius 3 is 2.24 bits per heavy atom. The number of carbonyl (C=O) groups is 4. The number of methoxy groups -OCH3 is 1. The van der Waals surface area contributed by atoms with Gasteiger partial charge >= 0.3 is 5.97 Å². The molecule has 0 radical (unpaired) electrons. The third kappa shape index (κ3) is 5.05. The van der Waals surface area contributed by atoms with E-state index in [9.17, 15) is 19.2 Å². The van der Waals surface area contributed by atoms with Crippen LogP contribution in [0.15, 0.2) is 54.6 Å². The minimum Gasteiger partial charge on any atom is -0.465 e.